The molecule has 0 radical (unpaired) electrons. The van der Waals surface area contributed by atoms with Crippen LogP contribution in [-0.2, 0) is 4.74 Å². The van der Waals surface area contributed by atoms with Crippen molar-refractivity contribution in [2.75, 3.05) is 47.6 Å². The Morgan fingerprint density at radius 2 is 2.00 bits per heavy atom. The topological polar surface area (TPSA) is 59.6 Å². The second-order valence-corrected chi connectivity index (χ2v) is 7.68. The Kier molecular flexibility index (Phi) is 5.69. The Morgan fingerprint density at radius 1 is 1.18 bits per heavy atom. The summed E-state index contributed by atoms with van der Waals surface area (Å²) in [7, 11) is 5.84. The van der Waals surface area contributed by atoms with Crippen LogP contribution in [0, 0.1) is 0 Å². The zero-order chi connectivity index (χ0) is 19.5. The number of hydrogen-bond acceptors (Lipinski definition) is 5. The highest BCUT2D eigenvalue weighted by Gasteiger charge is 2.22. The molecule has 3 heterocycles. The van der Waals surface area contributed by atoms with Crippen LogP contribution in [0.2, 0.25) is 0 Å². The van der Waals surface area contributed by atoms with Gasteiger partial charge in [-0.05, 0) is 45.5 Å². The average molecular weight is 383 g/mol. The molecule has 1 N–H and O–H groups in total. The van der Waals surface area contributed by atoms with Crippen molar-refractivity contribution in [1.29, 1.82) is 0 Å². The molecule has 2 aromatic heterocycles. The third-order valence-corrected chi connectivity index (χ3v) is 5.44. The van der Waals surface area contributed by atoms with Gasteiger partial charge in [-0.15, -0.1) is 0 Å². The summed E-state index contributed by atoms with van der Waals surface area (Å²) in [4.78, 5) is 10.5. The molecular weight excluding hydrogens is 354 g/mol. The number of pyridine rings is 1. The summed E-state index contributed by atoms with van der Waals surface area (Å²) < 4.78 is 17.2. The molecule has 0 spiro atoms. The SMILES string of the molecule is COc1cc2c(cc1OCCCN(C)C)[nH]c1ccnc(C3CCOCC3)c12. The Hall–Kier alpha value is -2.31. The van der Waals surface area contributed by atoms with E-state index in [0.29, 0.717) is 12.5 Å². The molecule has 0 atom stereocenters. The highest BCUT2D eigenvalue weighted by Crippen LogP contribution is 2.39. The number of benzene rings is 1. The number of nitrogens with zero attached hydrogens (tertiary/aromatic N) is 2. The van der Waals surface area contributed by atoms with Crippen molar-refractivity contribution in [2.24, 2.45) is 0 Å². The van der Waals surface area contributed by atoms with Gasteiger partial charge < -0.3 is 24.1 Å². The highest BCUT2D eigenvalue weighted by molar-refractivity contribution is 6.09. The van der Waals surface area contributed by atoms with Crippen LogP contribution in [0.15, 0.2) is 24.4 Å². The predicted molar refractivity (Wildman–Crippen MR) is 112 cm³/mol. The largest absolute Gasteiger partial charge is 0.493 e. The van der Waals surface area contributed by atoms with Crippen molar-refractivity contribution >= 4 is 21.8 Å². The molecule has 1 fully saturated rings. The molecule has 1 aliphatic rings. The first-order valence-electron chi connectivity index (χ1n) is 10.0. The zero-order valence-electron chi connectivity index (χ0n) is 17.0. The standard InChI is InChI=1S/C22H29N3O3/c1-25(2)9-4-10-28-20-14-18-16(13-19(20)26-3)21-17(24-18)5-8-23-22(21)15-6-11-27-12-7-15/h5,8,13-15,24H,4,6-7,9-12H2,1-3H3. The monoisotopic (exact) mass is 383 g/mol. The van der Waals surface area contributed by atoms with E-state index >= 15 is 0 Å². The van der Waals surface area contributed by atoms with Gasteiger partial charge in [0.05, 0.1) is 24.9 Å². The van der Waals surface area contributed by atoms with Crippen LogP contribution in [-0.4, -0.2) is 62.4 Å². The van der Waals surface area contributed by atoms with Gasteiger partial charge in [-0.3, -0.25) is 4.98 Å². The molecule has 28 heavy (non-hydrogen) atoms. The quantitative estimate of drug-likeness (QED) is 0.626. The van der Waals surface area contributed by atoms with Gasteiger partial charge >= 0.3 is 0 Å². The van der Waals surface area contributed by atoms with Gasteiger partial charge in [0.1, 0.15) is 0 Å². The van der Waals surface area contributed by atoms with Crippen molar-refractivity contribution in [3.63, 3.8) is 0 Å². The number of fused-ring (bicyclic) bond motifs is 3. The molecule has 6 nitrogen and oxygen atoms in total. The first kappa shape index (κ1) is 19.0. The van der Waals surface area contributed by atoms with Gasteiger partial charge in [0.2, 0.25) is 0 Å². The molecule has 4 rings (SSSR count). The van der Waals surface area contributed by atoms with Crippen LogP contribution in [0.25, 0.3) is 21.8 Å². The third-order valence-electron chi connectivity index (χ3n) is 5.44. The van der Waals surface area contributed by atoms with Crippen LogP contribution in [0.4, 0.5) is 0 Å². The molecule has 1 aromatic carbocycles. The molecule has 0 unspecified atom stereocenters. The lowest BCUT2D eigenvalue weighted by molar-refractivity contribution is 0.0848. The summed E-state index contributed by atoms with van der Waals surface area (Å²) in [5.41, 5.74) is 3.33. The lowest BCUT2D eigenvalue weighted by Gasteiger charge is -2.22. The second kappa shape index (κ2) is 8.37. The molecule has 6 heteroatoms. The molecular formula is C22H29N3O3. The fourth-order valence-corrected chi connectivity index (χ4v) is 4.00. The maximum atomic E-state index is 6.03. The normalized spacial score (nSPS) is 15.6. The number of methoxy groups -OCH3 is 1. The summed E-state index contributed by atoms with van der Waals surface area (Å²) in [6.45, 7) is 3.27. The molecule has 1 aliphatic heterocycles. The van der Waals surface area contributed by atoms with Crippen LogP contribution >= 0.6 is 0 Å². The van der Waals surface area contributed by atoms with E-state index in [0.717, 1.165) is 72.6 Å². The minimum Gasteiger partial charge on any atom is -0.493 e. The molecule has 0 bridgehead atoms. The lowest BCUT2D eigenvalue weighted by Crippen LogP contribution is -2.15. The molecule has 1 saturated heterocycles. The van der Waals surface area contributed by atoms with Gasteiger partial charge in [-0.1, -0.05) is 0 Å². The minimum absolute atomic E-state index is 0.435. The predicted octanol–water partition coefficient (Wildman–Crippen LogP) is 3.95. The molecule has 0 amide bonds. The van der Waals surface area contributed by atoms with E-state index in [9.17, 15) is 0 Å². The van der Waals surface area contributed by atoms with Gasteiger partial charge in [0.15, 0.2) is 11.5 Å². The summed E-state index contributed by atoms with van der Waals surface area (Å²) in [6, 6.07) is 6.18. The first-order valence-corrected chi connectivity index (χ1v) is 10.0. The maximum absolute atomic E-state index is 6.03. The van der Waals surface area contributed by atoms with Crippen molar-refractivity contribution in [1.82, 2.24) is 14.9 Å². The molecule has 150 valence electrons. The Morgan fingerprint density at radius 3 is 2.75 bits per heavy atom. The minimum atomic E-state index is 0.435. The van der Waals surface area contributed by atoms with Gasteiger partial charge in [-0.2, -0.15) is 0 Å². The second-order valence-electron chi connectivity index (χ2n) is 7.68. The first-order chi connectivity index (χ1) is 13.7. The Balaban J connectivity index is 1.71. The van der Waals surface area contributed by atoms with Crippen molar-refractivity contribution < 1.29 is 14.2 Å². The molecule has 0 aliphatic carbocycles. The van der Waals surface area contributed by atoms with Gasteiger partial charge in [0.25, 0.3) is 0 Å². The smallest absolute Gasteiger partial charge is 0.163 e. The number of aromatic nitrogens is 2. The van der Waals surface area contributed by atoms with Gasteiger partial charge in [0, 0.05) is 54.2 Å². The van der Waals surface area contributed by atoms with Crippen molar-refractivity contribution in [2.45, 2.75) is 25.2 Å². The number of ether oxygens (including phenoxy) is 3. The number of H-pyrrole nitrogens is 1. The van der Waals surface area contributed by atoms with E-state index in [1.165, 1.54) is 5.39 Å². The van der Waals surface area contributed by atoms with Crippen LogP contribution < -0.4 is 9.47 Å². The number of nitrogens with one attached hydrogen (secondary N) is 1. The summed E-state index contributed by atoms with van der Waals surface area (Å²) in [5, 5.41) is 2.34. The maximum Gasteiger partial charge on any atom is 0.163 e. The zero-order valence-corrected chi connectivity index (χ0v) is 17.0. The van der Waals surface area contributed by atoms with E-state index in [-0.39, 0.29) is 0 Å². The molecule has 0 saturated carbocycles. The summed E-state index contributed by atoms with van der Waals surface area (Å²) >= 11 is 0. The Labute approximate surface area is 165 Å². The number of hydrogen-bond donors (Lipinski definition) is 1. The van der Waals surface area contributed by atoms with Crippen LogP contribution in [0.5, 0.6) is 11.5 Å². The average Bonchev–Trinajstić information content (AvgIpc) is 3.08. The summed E-state index contributed by atoms with van der Waals surface area (Å²) in [6.07, 6.45) is 4.91. The number of aromatic amines is 1. The van der Waals surface area contributed by atoms with Crippen molar-refractivity contribution in [3.8, 4) is 11.5 Å². The highest BCUT2D eigenvalue weighted by atomic mass is 16.5. The Bertz CT molecular complexity index is 945. The molecule has 3 aromatic rings. The van der Waals surface area contributed by atoms with E-state index in [4.69, 9.17) is 19.2 Å². The third kappa shape index (κ3) is 3.80. The van der Waals surface area contributed by atoms with Gasteiger partial charge in [-0.25, -0.2) is 0 Å². The van der Waals surface area contributed by atoms with Crippen LogP contribution in [0.1, 0.15) is 30.9 Å². The van der Waals surface area contributed by atoms with Crippen LogP contribution in [0.3, 0.4) is 0 Å². The number of rotatable bonds is 7. The summed E-state index contributed by atoms with van der Waals surface area (Å²) in [5.74, 6) is 1.98. The van der Waals surface area contributed by atoms with E-state index in [2.05, 4.69) is 36.1 Å². The fourth-order valence-electron chi connectivity index (χ4n) is 4.00. The van der Waals surface area contributed by atoms with E-state index < -0.39 is 0 Å². The fraction of sp³-hybridized carbons (Fsp3) is 0.500. The van der Waals surface area contributed by atoms with E-state index in [1.54, 1.807) is 7.11 Å². The van der Waals surface area contributed by atoms with E-state index in [1.807, 2.05) is 12.3 Å². The lowest BCUT2D eigenvalue weighted by atomic mass is 9.93. The van der Waals surface area contributed by atoms with Crippen molar-refractivity contribution in [3.05, 3.63) is 30.1 Å².